The molecule has 0 unspecified atom stereocenters. The number of aryl methyl sites for hydroxylation is 1. The Hall–Kier alpha value is -2.37. The number of H-pyrrole nitrogens is 1. The van der Waals surface area contributed by atoms with E-state index in [4.69, 9.17) is 5.73 Å². The summed E-state index contributed by atoms with van der Waals surface area (Å²) < 4.78 is 12.9. The van der Waals surface area contributed by atoms with Crippen LogP contribution in [-0.4, -0.2) is 16.1 Å². The van der Waals surface area contributed by atoms with Crippen molar-refractivity contribution < 1.29 is 9.18 Å². The third-order valence-corrected chi connectivity index (χ3v) is 2.31. The van der Waals surface area contributed by atoms with E-state index in [2.05, 4.69) is 15.5 Å². The van der Waals surface area contributed by atoms with Crippen LogP contribution < -0.4 is 11.1 Å². The number of carbonyl (C=O) groups excluding carboxylic acids is 1. The zero-order valence-corrected chi connectivity index (χ0v) is 9.12. The van der Waals surface area contributed by atoms with Gasteiger partial charge in [-0.05, 0) is 25.1 Å². The van der Waals surface area contributed by atoms with Crippen LogP contribution in [0.25, 0.3) is 0 Å². The largest absolute Gasteiger partial charge is 0.394 e. The summed E-state index contributed by atoms with van der Waals surface area (Å²) in [7, 11) is 0. The predicted molar refractivity (Wildman–Crippen MR) is 62.1 cm³/mol. The van der Waals surface area contributed by atoms with E-state index in [-0.39, 0.29) is 11.4 Å². The summed E-state index contributed by atoms with van der Waals surface area (Å²) in [4.78, 5) is 11.7. The van der Waals surface area contributed by atoms with Crippen LogP contribution in [0.2, 0.25) is 0 Å². The lowest BCUT2D eigenvalue weighted by Crippen LogP contribution is -2.13. The number of nitrogens with one attached hydrogen (secondary N) is 2. The minimum Gasteiger partial charge on any atom is -0.394 e. The van der Waals surface area contributed by atoms with Crippen molar-refractivity contribution >= 4 is 17.4 Å². The molecule has 0 saturated heterocycles. The highest BCUT2D eigenvalue weighted by Crippen LogP contribution is 2.18. The quantitative estimate of drug-likeness (QED) is 0.739. The Bertz CT molecular complexity index is 564. The summed E-state index contributed by atoms with van der Waals surface area (Å²) >= 11 is 0. The number of halogens is 1. The monoisotopic (exact) mass is 234 g/mol. The van der Waals surface area contributed by atoms with Crippen LogP contribution in [0.5, 0.6) is 0 Å². The summed E-state index contributed by atoms with van der Waals surface area (Å²) in [6.45, 7) is 1.74. The fourth-order valence-electron chi connectivity index (χ4n) is 1.34. The molecule has 0 aliphatic rings. The first-order valence-electron chi connectivity index (χ1n) is 4.95. The zero-order chi connectivity index (χ0) is 12.4. The smallest absolute Gasteiger partial charge is 0.257 e. The maximum Gasteiger partial charge on any atom is 0.257 e. The van der Waals surface area contributed by atoms with Crippen molar-refractivity contribution in [3.8, 4) is 0 Å². The van der Waals surface area contributed by atoms with Gasteiger partial charge in [0.2, 0.25) is 0 Å². The SMILES string of the molecule is Cc1[nH]nc(NC(=O)c2cccc(F)c2)c1N. The molecule has 5 nitrogen and oxygen atoms in total. The number of anilines is 2. The zero-order valence-electron chi connectivity index (χ0n) is 9.12. The maximum atomic E-state index is 12.9. The topological polar surface area (TPSA) is 83.8 Å². The van der Waals surface area contributed by atoms with Crippen molar-refractivity contribution in [3.05, 3.63) is 41.3 Å². The number of rotatable bonds is 2. The van der Waals surface area contributed by atoms with Crippen LogP contribution in [0, 0.1) is 12.7 Å². The van der Waals surface area contributed by atoms with Gasteiger partial charge in [0.05, 0.1) is 11.4 Å². The molecule has 0 spiro atoms. The lowest BCUT2D eigenvalue weighted by molar-refractivity contribution is 0.102. The molecule has 88 valence electrons. The third-order valence-electron chi connectivity index (χ3n) is 2.31. The van der Waals surface area contributed by atoms with Crippen molar-refractivity contribution in [2.24, 2.45) is 0 Å². The van der Waals surface area contributed by atoms with Crippen LogP contribution in [0.3, 0.4) is 0 Å². The Morgan fingerprint density at radius 3 is 2.88 bits per heavy atom. The fourth-order valence-corrected chi connectivity index (χ4v) is 1.34. The van der Waals surface area contributed by atoms with Gasteiger partial charge in [0.25, 0.3) is 5.91 Å². The number of nitrogens with two attached hydrogens (primary N) is 1. The van der Waals surface area contributed by atoms with Crippen molar-refractivity contribution in [3.63, 3.8) is 0 Å². The van der Waals surface area contributed by atoms with E-state index in [0.29, 0.717) is 11.4 Å². The molecule has 2 aromatic rings. The average Bonchev–Trinajstić information content (AvgIpc) is 2.61. The molecule has 1 amide bonds. The number of benzene rings is 1. The third kappa shape index (κ3) is 2.25. The molecule has 1 heterocycles. The molecule has 1 aromatic carbocycles. The first-order chi connectivity index (χ1) is 8.08. The Morgan fingerprint density at radius 1 is 1.53 bits per heavy atom. The van der Waals surface area contributed by atoms with Crippen LogP contribution >= 0.6 is 0 Å². The molecule has 0 fully saturated rings. The summed E-state index contributed by atoms with van der Waals surface area (Å²) in [6.07, 6.45) is 0. The van der Waals surface area contributed by atoms with E-state index in [1.807, 2.05) is 0 Å². The van der Waals surface area contributed by atoms with E-state index in [1.54, 1.807) is 6.92 Å². The van der Waals surface area contributed by atoms with Gasteiger partial charge in [0.15, 0.2) is 5.82 Å². The second kappa shape index (κ2) is 4.25. The number of nitrogen functional groups attached to an aromatic ring is 1. The van der Waals surface area contributed by atoms with Crippen LogP contribution in [0.4, 0.5) is 15.9 Å². The number of carbonyl (C=O) groups is 1. The minimum absolute atomic E-state index is 0.213. The highest BCUT2D eigenvalue weighted by Gasteiger charge is 2.12. The molecule has 0 saturated carbocycles. The molecule has 0 aliphatic heterocycles. The predicted octanol–water partition coefficient (Wildman–Crippen LogP) is 1.69. The maximum absolute atomic E-state index is 12.9. The first kappa shape index (κ1) is 11.1. The number of nitrogens with zero attached hydrogens (tertiary/aromatic N) is 1. The number of hydrogen-bond acceptors (Lipinski definition) is 3. The number of aromatic amines is 1. The van der Waals surface area contributed by atoms with E-state index in [1.165, 1.54) is 18.2 Å². The second-order valence-electron chi connectivity index (χ2n) is 3.58. The van der Waals surface area contributed by atoms with Gasteiger partial charge >= 0.3 is 0 Å². The molecule has 4 N–H and O–H groups in total. The van der Waals surface area contributed by atoms with Gasteiger partial charge < -0.3 is 11.1 Å². The van der Waals surface area contributed by atoms with Gasteiger partial charge in [-0.15, -0.1) is 0 Å². The Morgan fingerprint density at radius 2 is 2.29 bits per heavy atom. The Kier molecular flexibility index (Phi) is 2.78. The molecular weight excluding hydrogens is 223 g/mol. The second-order valence-corrected chi connectivity index (χ2v) is 3.58. The summed E-state index contributed by atoms with van der Waals surface area (Å²) in [5.41, 5.74) is 6.93. The van der Waals surface area contributed by atoms with E-state index in [9.17, 15) is 9.18 Å². The fraction of sp³-hybridized carbons (Fsp3) is 0.0909. The number of hydrogen-bond donors (Lipinski definition) is 3. The Balaban J connectivity index is 2.20. The van der Waals surface area contributed by atoms with Gasteiger partial charge in [-0.2, -0.15) is 5.10 Å². The summed E-state index contributed by atoms with van der Waals surface area (Å²) in [5, 5.41) is 8.97. The molecule has 0 atom stereocenters. The molecule has 6 heteroatoms. The highest BCUT2D eigenvalue weighted by atomic mass is 19.1. The molecule has 17 heavy (non-hydrogen) atoms. The lowest BCUT2D eigenvalue weighted by Gasteiger charge is -2.03. The number of aromatic nitrogens is 2. The van der Waals surface area contributed by atoms with E-state index in [0.717, 1.165) is 6.07 Å². The molecule has 0 bridgehead atoms. The Labute approximate surface area is 96.8 Å². The van der Waals surface area contributed by atoms with Gasteiger partial charge in [0.1, 0.15) is 5.82 Å². The van der Waals surface area contributed by atoms with Gasteiger partial charge in [-0.25, -0.2) is 4.39 Å². The van der Waals surface area contributed by atoms with Crippen LogP contribution in [-0.2, 0) is 0 Å². The van der Waals surface area contributed by atoms with E-state index >= 15 is 0 Å². The average molecular weight is 234 g/mol. The van der Waals surface area contributed by atoms with Crippen molar-refractivity contribution in [2.45, 2.75) is 6.92 Å². The first-order valence-corrected chi connectivity index (χ1v) is 4.95. The molecule has 0 aliphatic carbocycles. The van der Waals surface area contributed by atoms with Gasteiger partial charge in [-0.3, -0.25) is 9.89 Å². The van der Waals surface area contributed by atoms with Crippen molar-refractivity contribution in [1.29, 1.82) is 0 Å². The lowest BCUT2D eigenvalue weighted by atomic mass is 10.2. The highest BCUT2D eigenvalue weighted by molar-refractivity contribution is 6.05. The normalized spacial score (nSPS) is 10.2. The van der Waals surface area contributed by atoms with Gasteiger partial charge in [0, 0.05) is 5.56 Å². The van der Waals surface area contributed by atoms with Crippen LogP contribution in [0.1, 0.15) is 16.1 Å². The van der Waals surface area contributed by atoms with Gasteiger partial charge in [-0.1, -0.05) is 6.07 Å². The number of amides is 1. The molecule has 1 aromatic heterocycles. The summed E-state index contributed by atoms with van der Waals surface area (Å²) in [6, 6.07) is 5.38. The van der Waals surface area contributed by atoms with E-state index < -0.39 is 11.7 Å². The standard InChI is InChI=1S/C11H11FN4O/c1-6-9(13)10(16-15-6)14-11(17)7-3-2-4-8(12)5-7/h2-5H,13H2,1H3,(H2,14,15,16,17). The molecule has 2 rings (SSSR count). The van der Waals surface area contributed by atoms with Crippen molar-refractivity contribution in [1.82, 2.24) is 10.2 Å². The van der Waals surface area contributed by atoms with Crippen LogP contribution in [0.15, 0.2) is 24.3 Å². The molecular formula is C11H11FN4O. The van der Waals surface area contributed by atoms with Crippen molar-refractivity contribution in [2.75, 3.05) is 11.1 Å². The summed E-state index contributed by atoms with van der Waals surface area (Å²) in [5.74, 6) is -0.678. The minimum atomic E-state index is -0.469. The molecule has 0 radical (unpaired) electrons.